The molecule has 5 nitrogen and oxygen atoms in total. The van der Waals surface area contributed by atoms with Gasteiger partial charge in [-0.25, -0.2) is 19.9 Å². The molecular weight excluding hydrogens is 781 g/mol. The van der Waals surface area contributed by atoms with Crippen LogP contribution in [0.1, 0.15) is 22.3 Å². The van der Waals surface area contributed by atoms with Crippen molar-refractivity contribution >= 4 is 11.1 Å². The van der Waals surface area contributed by atoms with Gasteiger partial charge in [0.1, 0.15) is 5.52 Å². The maximum Gasteiger partial charge on any atom is 0.227 e. The zero-order valence-electron chi connectivity index (χ0n) is 34.6. The SMILES string of the molecule is c1ccc(-c2ccc(-c3nc(-c4ccccc4)nc(-c4ccc(-c5ccc6c(c5)-c5ccccc5C6(c5ccccc5)c5ccc6oc(-c7ccccc7)nc6c5)cc4)n3)cc2)cc1. The predicted molar refractivity (Wildman–Crippen MR) is 257 cm³/mol. The first-order valence-electron chi connectivity index (χ1n) is 21.5. The van der Waals surface area contributed by atoms with E-state index in [1.54, 1.807) is 0 Å². The number of aromatic nitrogens is 4. The summed E-state index contributed by atoms with van der Waals surface area (Å²) in [6.45, 7) is 0. The Morgan fingerprint density at radius 1 is 0.297 bits per heavy atom. The fourth-order valence-corrected chi connectivity index (χ4v) is 9.41. The molecule has 0 N–H and O–H groups in total. The molecule has 5 heteroatoms. The summed E-state index contributed by atoms with van der Waals surface area (Å²) < 4.78 is 6.30. The molecule has 0 aliphatic heterocycles. The highest BCUT2D eigenvalue weighted by atomic mass is 16.3. The fraction of sp³-hybridized carbons (Fsp3) is 0.0169. The number of benzene rings is 9. The average molecular weight is 819 g/mol. The number of hydrogen-bond donors (Lipinski definition) is 0. The van der Waals surface area contributed by atoms with E-state index in [1.807, 2.05) is 66.7 Å². The van der Waals surface area contributed by atoms with Crippen LogP contribution in [0.5, 0.6) is 0 Å². The van der Waals surface area contributed by atoms with Gasteiger partial charge in [0, 0.05) is 22.3 Å². The van der Waals surface area contributed by atoms with Crippen LogP contribution in [0.3, 0.4) is 0 Å². The highest BCUT2D eigenvalue weighted by Crippen LogP contribution is 2.57. The van der Waals surface area contributed by atoms with E-state index in [2.05, 4.69) is 164 Å². The van der Waals surface area contributed by atoms with Crippen molar-refractivity contribution in [3.63, 3.8) is 0 Å². The molecule has 0 spiro atoms. The van der Waals surface area contributed by atoms with Crippen LogP contribution in [-0.2, 0) is 5.41 Å². The van der Waals surface area contributed by atoms with Crippen molar-refractivity contribution in [2.75, 3.05) is 0 Å². The van der Waals surface area contributed by atoms with Gasteiger partial charge in [0.2, 0.25) is 5.89 Å². The van der Waals surface area contributed by atoms with E-state index in [0.29, 0.717) is 23.4 Å². The number of oxazole rings is 1. The molecule has 2 aromatic heterocycles. The molecule has 64 heavy (non-hydrogen) atoms. The van der Waals surface area contributed by atoms with E-state index < -0.39 is 5.41 Å². The second-order valence-corrected chi connectivity index (χ2v) is 16.2. The average Bonchev–Trinajstić information content (AvgIpc) is 3.95. The molecule has 0 saturated carbocycles. The van der Waals surface area contributed by atoms with Gasteiger partial charge in [-0.15, -0.1) is 0 Å². The van der Waals surface area contributed by atoms with Crippen molar-refractivity contribution in [1.82, 2.24) is 19.9 Å². The van der Waals surface area contributed by atoms with Gasteiger partial charge in [-0.1, -0.05) is 200 Å². The Hall–Kier alpha value is -8.54. The van der Waals surface area contributed by atoms with Gasteiger partial charge in [-0.3, -0.25) is 0 Å². The van der Waals surface area contributed by atoms with E-state index in [0.717, 1.165) is 55.6 Å². The van der Waals surface area contributed by atoms with E-state index in [1.165, 1.54) is 33.4 Å². The maximum absolute atomic E-state index is 6.30. The Balaban J connectivity index is 0.938. The Morgan fingerprint density at radius 3 is 1.38 bits per heavy atom. The molecule has 0 saturated heterocycles. The molecule has 1 unspecified atom stereocenters. The minimum Gasteiger partial charge on any atom is -0.436 e. The summed E-state index contributed by atoms with van der Waals surface area (Å²) in [6.07, 6.45) is 0. The molecule has 0 fully saturated rings. The summed E-state index contributed by atoms with van der Waals surface area (Å²) in [5, 5.41) is 0. The van der Waals surface area contributed by atoms with Gasteiger partial charge in [0.25, 0.3) is 0 Å². The first-order chi connectivity index (χ1) is 31.7. The first kappa shape index (κ1) is 37.2. The topological polar surface area (TPSA) is 64.7 Å². The molecular formula is C59H38N4O. The van der Waals surface area contributed by atoms with Gasteiger partial charge >= 0.3 is 0 Å². The van der Waals surface area contributed by atoms with Crippen LogP contribution in [0.15, 0.2) is 235 Å². The minimum atomic E-state index is -0.579. The predicted octanol–water partition coefficient (Wildman–Crippen LogP) is 14.4. The van der Waals surface area contributed by atoms with Crippen LogP contribution in [0.4, 0.5) is 0 Å². The van der Waals surface area contributed by atoms with Crippen molar-refractivity contribution in [2.24, 2.45) is 0 Å². The minimum absolute atomic E-state index is 0.579. The Kier molecular flexibility index (Phi) is 8.97. The molecule has 0 radical (unpaired) electrons. The summed E-state index contributed by atoms with van der Waals surface area (Å²) in [4.78, 5) is 20.1. The molecule has 12 rings (SSSR count). The van der Waals surface area contributed by atoms with Crippen LogP contribution < -0.4 is 0 Å². The molecule has 11 aromatic rings. The molecule has 1 aliphatic carbocycles. The Bertz CT molecular complexity index is 3460. The largest absolute Gasteiger partial charge is 0.436 e. The smallest absolute Gasteiger partial charge is 0.227 e. The Morgan fingerprint density at radius 2 is 0.750 bits per heavy atom. The number of rotatable bonds is 8. The lowest BCUT2D eigenvalue weighted by Gasteiger charge is -2.33. The number of nitrogens with zero attached hydrogens (tertiary/aromatic N) is 4. The van der Waals surface area contributed by atoms with Gasteiger partial charge in [-0.2, -0.15) is 0 Å². The van der Waals surface area contributed by atoms with Crippen LogP contribution in [0.25, 0.3) is 90.1 Å². The molecule has 0 bridgehead atoms. The molecule has 1 atom stereocenters. The molecule has 9 aromatic carbocycles. The Labute approximate surface area is 371 Å². The second-order valence-electron chi connectivity index (χ2n) is 16.2. The lowest BCUT2D eigenvalue weighted by molar-refractivity contribution is 0.619. The van der Waals surface area contributed by atoms with Gasteiger partial charge < -0.3 is 4.42 Å². The van der Waals surface area contributed by atoms with E-state index in [-0.39, 0.29) is 0 Å². The summed E-state index contributed by atoms with van der Waals surface area (Å²) >= 11 is 0. The van der Waals surface area contributed by atoms with E-state index in [4.69, 9.17) is 24.4 Å². The third kappa shape index (κ3) is 6.33. The lowest BCUT2D eigenvalue weighted by atomic mass is 9.67. The normalized spacial score (nSPS) is 14.0. The third-order valence-corrected chi connectivity index (χ3v) is 12.5. The van der Waals surface area contributed by atoms with Crippen molar-refractivity contribution < 1.29 is 4.42 Å². The van der Waals surface area contributed by atoms with Gasteiger partial charge in [0.05, 0.1) is 5.41 Å². The van der Waals surface area contributed by atoms with Crippen LogP contribution in [0.2, 0.25) is 0 Å². The van der Waals surface area contributed by atoms with Crippen molar-refractivity contribution in [3.05, 3.63) is 253 Å². The summed E-state index contributed by atoms with van der Waals surface area (Å²) in [5.74, 6) is 2.50. The maximum atomic E-state index is 6.30. The highest BCUT2D eigenvalue weighted by molar-refractivity contribution is 5.90. The zero-order valence-corrected chi connectivity index (χ0v) is 34.6. The molecule has 300 valence electrons. The second kappa shape index (κ2) is 15.4. The highest BCUT2D eigenvalue weighted by Gasteiger charge is 2.46. The van der Waals surface area contributed by atoms with Crippen LogP contribution >= 0.6 is 0 Å². The van der Waals surface area contributed by atoms with E-state index >= 15 is 0 Å². The third-order valence-electron chi connectivity index (χ3n) is 12.5. The monoisotopic (exact) mass is 818 g/mol. The first-order valence-corrected chi connectivity index (χ1v) is 21.5. The number of fused-ring (bicyclic) bond motifs is 4. The van der Waals surface area contributed by atoms with Gasteiger partial charge in [-0.05, 0) is 86.0 Å². The van der Waals surface area contributed by atoms with Crippen LogP contribution in [0, 0.1) is 0 Å². The molecule has 2 heterocycles. The zero-order chi connectivity index (χ0) is 42.5. The summed E-state index contributed by atoms with van der Waals surface area (Å²) in [6, 6.07) is 80.7. The molecule has 1 aliphatic rings. The summed E-state index contributed by atoms with van der Waals surface area (Å²) in [7, 11) is 0. The van der Waals surface area contributed by atoms with Gasteiger partial charge in [0.15, 0.2) is 23.1 Å². The summed E-state index contributed by atoms with van der Waals surface area (Å²) in [5.41, 5.74) is 16.5. The lowest BCUT2D eigenvalue weighted by Crippen LogP contribution is -2.28. The quantitative estimate of drug-likeness (QED) is 0.153. The molecule has 0 amide bonds. The van der Waals surface area contributed by atoms with E-state index in [9.17, 15) is 0 Å². The van der Waals surface area contributed by atoms with Crippen molar-refractivity contribution in [1.29, 1.82) is 0 Å². The van der Waals surface area contributed by atoms with Crippen molar-refractivity contribution in [2.45, 2.75) is 5.41 Å². The van der Waals surface area contributed by atoms with Crippen molar-refractivity contribution in [3.8, 4) is 79.0 Å². The fourth-order valence-electron chi connectivity index (χ4n) is 9.41. The number of hydrogen-bond acceptors (Lipinski definition) is 5. The van der Waals surface area contributed by atoms with Crippen LogP contribution in [-0.4, -0.2) is 19.9 Å². The standard InChI is InChI=1S/C59H38N4O/c1-5-15-39(16-6-1)40-25-29-43(30-26-40)56-61-55(42-17-7-2-8-18-42)62-57(63-56)44-31-27-41(28-32-44)46-33-35-52-50(37-46)49-23-13-14-24-51(49)59(52,47-21-11-4-12-22-47)48-34-36-54-53(38-48)60-58(64-54)45-19-9-3-10-20-45/h1-38H.